The minimum atomic E-state index is -3.67. The van der Waals surface area contributed by atoms with Crippen molar-refractivity contribution in [3.63, 3.8) is 0 Å². The van der Waals surface area contributed by atoms with Gasteiger partial charge in [0.15, 0.2) is 0 Å². The number of anilines is 2. The van der Waals surface area contributed by atoms with Crippen LogP contribution < -0.4 is 14.8 Å². The van der Waals surface area contributed by atoms with Crippen molar-refractivity contribution in [2.45, 2.75) is 4.21 Å². The molecule has 0 bridgehead atoms. The summed E-state index contributed by atoms with van der Waals surface area (Å²) in [4.78, 5) is 12.5. The normalized spacial score (nSPS) is 11.0. The van der Waals surface area contributed by atoms with Crippen LogP contribution in [0.5, 0.6) is 11.5 Å². The summed E-state index contributed by atoms with van der Waals surface area (Å²) in [6.07, 6.45) is 0. The maximum absolute atomic E-state index is 12.5. The van der Waals surface area contributed by atoms with Crippen molar-refractivity contribution in [2.24, 2.45) is 0 Å². The highest BCUT2D eigenvalue weighted by atomic mass is 79.9. The van der Waals surface area contributed by atoms with Crippen molar-refractivity contribution in [2.75, 3.05) is 10.0 Å². The fraction of sp³-hybridized carbons (Fsp3) is 0. The van der Waals surface area contributed by atoms with Gasteiger partial charge in [0.1, 0.15) is 15.7 Å². The van der Waals surface area contributed by atoms with Crippen LogP contribution in [-0.2, 0) is 10.0 Å². The lowest BCUT2D eigenvalue weighted by Crippen LogP contribution is -2.13. The second-order valence-electron chi connectivity index (χ2n) is 6.64. The smallest absolute Gasteiger partial charge is 0.271 e. The van der Waals surface area contributed by atoms with Gasteiger partial charge in [0.05, 0.1) is 3.79 Å². The molecule has 1 aromatic heterocycles. The maximum Gasteiger partial charge on any atom is 0.271 e. The number of carbonyl (C=O) groups excluding carboxylic acids is 1. The molecule has 0 atom stereocenters. The minimum Gasteiger partial charge on any atom is -0.457 e. The number of hydrogen-bond donors (Lipinski definition) is 2. The third-order valence-electron chi connectivity index (χ3n) is 4.30. The number of hydrogen-bond acceptors (Lipinski definition) is 5. The van der Waals surface area contributed by atoms with E-state index >= 15 is 0 Å². The van der Waals surface area contributed by atoms with Crippen molar-refractivity contribution in [3.8, 4) is 11.5 Å². The van der Waals surface area contributed by atoms with Crippen LogP contribution in [0.1, 0.15) is 10.4 Å². The van der Waals surface area contributed by atoms with Gasteiger partial charge < -0.3 is 10.1 Å². The zero-order valence-corrected chi connectivity index (χ0v) is 19.7. The van der Waals surface area contributed by atoms with E-state index in [0.29, 0.717) is 22.7 Å². The number of ether oxygens (including phenoxy) is 1. The quantitative estimate of drug-likeness (QED) is 0.292. The van der Waals surface area contributed by atoms with Crippen LogP contribution in [0.15, 0.2) is 99.0 Å². The highest BCUT2D eigenvalue weighted by Crippen LogP contribution is 2.28. The van der Waals surface area contributed by atoms with Gasteiger partial charge in [-0.15, -0.1) is 11.3 Å². The van der Waals surface area contributed by atoms with Gasteiger partial charge in [-0.3, -0.25) is 9.52 Å². The number of amides is 1. The Morgan fingerprint density at radius 3 is 2.03 bits per heavy atom. The summed E-state index contributed by atoms with van der Waals surface area (Å²) in [6.45, 7) is 0. The summed E-state index contributed by atoms with van der Waals surface area (Å²) < 4.78 is 34.0. The summed E-state index contributed by atoms with van der Waals surface area (Å²) in [6, 6.07) is 25.9. The second kappa shape index (κ2) is 9.56. The first kappa shape index (κ1) is 22.1. The van der Waals surface area contributed by atoms with Gasteiger partial charge in [0, 0.05) is 16.9 Å². The molecule has 0 aliphatic heterocycles. The van der Waals surface area contributed by atoms with E-state index in [1.54, 1.807) is 54.6 Å². The number of carbonyl (C=O) groups is 1. The Labute approximate surface area is 198 Å². The lowest BCUT2D eigenvalue weighted by Gasteiger charge is -2.09. The van der Waals surface area contributed by atoms with E-state index < -0.39 is 10.0 Å². The van der Waals surface area contributed by atoms with Crippen LogP contribution in [0.25, 0.3) is 0 Å². The lowest BCUT2D eigenvalue weighted by atomic mass is 10.2. The summed E-state index contributed by atoms with van der Waals surface area (Å²) >= 11 is 4.37. The Bertz CT molecular complexity index is 1320. The van der Waals surface area contributed by atoms with Gasteiger partial charge in [0.25, 0.3) is 15.9 Å². The lowest BCUT2D eigenvalue weighted by molar-refractivity contribution is 0.102. The number of nitrogens with one attached hydrogen (secondary N) is 2. The van der Waals surface area contributed by atoms with Crippen molar-refractivity contribution < 1.29 is 17.9 Å². The molecule has 32 heavy (non-hydrogen) atoms. The van der Waals surface area contributed by atoms with Crippen LogP contribution in [0.3, 0.4) is 0 Å². The summed E-state index contributed by atoms with van der Waals surface area (Å²) in [7, 11) is -3.67. The van der Waals surface area contributed by atoms with E-state index in [4.69, 9.17) is 4.74 Å². The Balaban J connectivity index is 1.37. The molecule has 0 radical (unpaired) electrons. The molecule has 0 saturated carbocycles. The Hall–Kier alpha value is -3.14. The van der Waals surface area contributed by atoms with E-state index in [-0.39, 0.29) is 10.1 Å². The van der Waals surface area contributed by atoms with Gasteiger partial charge in [-0.25, -0.2) is 8.42 Å². The molecule has 0 saturated heterocycles. The molecule has 4 aromatic rings. The molecule has 3 aromatic carbocycles. The Kier molecular flexibility index (Phi) is 6.59. The average molecular weight is 529 g/mol. The fourth-order valence-electron chi connectivity index (χ4n) is 2.77. The summed E-state index contributed by atoms with van der Waals surface area (Å²) in [5, 5.41) is 2.81. The van der Waals surface area contributed by atoms with Crippen LogP contribution in [-0.4, -0.2) is 14.3 Å². The molecule has 0 aliphatic carbocycles. The van der Waals surface area contributed by atoms with E-state index in [9.17, 15) is 13.2 Å². The molecule has 2 N–H and O–H groups in total. The maximum atomic E-state index is 12.5. The third kappa shape index (κ3) is 5.56. The monoisotopic (exact) mass is 528 g/mol. The molecule has 1 heterocycles. The zero-order chi connectivity index (χ0) is 22.6. The molecule has 162 valence electrons. The van der Waals surface area contributed by atoms with Gasteiger partial charge in [-0.1, -0.05) is 18.2 Å². The second-order valence-corrected chi connectivity index (χ2v) is 11.0. The number of para-hydroxylation sites is 1. The first-order valence-electron chi connectivity index (χ1n) is 9.42. The highest BCUT2D eigenvalue weighted by molar-refractivity contribution is 9.11. The first-order valence-corrected chi connectivity index (χ1v) is 12.5. The predicted molar refractivity (Wildman–Crippen MR) is 130 cm³/mol. The molecular formula is C23H17BrN2O4S2. The first-order chi connectivity index (χ1) is 15.4. The zero-order valence-electron chi connectivity index (χ0n) is 16.5. The fourth-order valence-corrected chi connectivity index (χ4v) is 5.84. The third-order valence-corrected chi connectivity index (χ3v) is 7.80. The molecular weight excluding hydrogens is 512 g/mol. The summed E-state index contributed by atoms with van der Waals surface area (Å²) in [5.74, 6) is 1.08. The number of rotatable bonds is 7. The molecule has 0 unspecified atom stereocenters. The molecule has 0 fully saturated rings. The van der Waals surface area contributed by atoms with Gasteiger partial charge in [-0.05, 0) is 88.7 Å². The van der Waals surface area contributed by atoms with E-state index in [0.717, 1.165) is 20.9 Å². The van der Waals surface area contributed by atoms with Gasteiger partial charge >= 0.3 is 0 Å². The Morgan fingerprint density at radius 2 is 1.41 bits per heavy atom. The van der Waals surface area contributed by atoms with Crippen LogP contribution in [0.4, 0.5) is 11.4 Å². The van der Waals surface area contributed by atoms with Crippen molar-refractivity contribution in [1.82, 2.24) is 0 Å². The van der Waals surface area contributed by atoms with Gasteiger partial charge in [-0.2, -0.15) is 0 Å². The standard InChI is InChI=1S/C23H17BrN2O4S2/c24-21-14-15-22(31-21)32(28,29)26-18-8-6-16(7-9-18)23(27)25-17-10-12-20(13-11-17)30-19-4-2-1-3-5-19/h1-15,26H,(H,25,27). The van der Waals surface area contributed by atoms with E-state index in [2.05, 4.69) is 26.0 Å². The van der Waals surface area contributed by atoms with Crippen LogP contribution in [0, 0.1) is 0 Å². The highest BCUT2D eigenvalue weighted by Gasteiger charge is 2.17. The van der Waals surface area contributed by atoms with E-state index in [1.165, 1.54) is 6.07 Å². The number of benzene rings is 3. The Morgan fingerprint density at radius 1 is 0.781 bits per heavy atom. The van der Waals surface area contributed by atoms with Crippen molar-refractivity contribution in [3.05, 3.63) is 100 Å². The molecule has 6 nitrogen and oxygen atoms in total. The molecule has 1 amide bonds. The van der Waals surface area contributed by atoms with Gasteiger partial charge in [0.2, 0.25) is 0 Å². The van der Waals surface area contributed by atoms with E-state index in [1.807, 2.05) is 30.3 Å². The molecule has 9 heteroatoms. The molecule has 0 aliphatic rings. The molecule has 0 spiro atoms. The summed E-state index contributed by atoms with van der Waals surface area (Å²) in [5.41, 5.74) is 1.38. The average Bonchev–Trinajstić information content (AvgIpc) is 3.23. The SMILES string of the molecule is O=C(Nc1ccc(Oc2ccccc2)cc1)c1ccc(NS(=O)(=O)c2ccc(Br)s2)cc1. The number of sulfonamides is 1. The number of thiophene rings is 1. The van der Waals surface area contributed by atoms with Crippen LogP contribution in [0.2, 0.25) is 0 Å². The topological polar surface area (TPSA) is 84.5 Å². The minimum absolute atomic E-state index is 0.200. The van der Waals surface area contributed by atoms with Crippen LogP contribution >= 0.6 is 27.3 Å². The predicted octanol–water partition coefficient (Wildman–Crippen LogP) is 6.36. The number of halogens is 1. The van der Waals surface area contributed by atoms with Crippen molar-refractivity contribution in [1.29, 1.82) is 0 Å². The molecule has 4 rings (SSSR count). The largest absolute Gasteiger partial charge is 0.457 e. The van der Waals surface area contributed by atoms with Crippen molar-refractivity contribution >= 4 is 54.6 Å².